The van der Waals surface area contributed by atoms with Crippen molar-refractivity contribution in [3.05, 3.63) is 0 Å². The molecule has 0 aliphatic heterocycles. The lowest BCUT2D eigenvalue weighted by molar-refractivity contribution is 0.157. The normalized spacial score (nSPS) is 53.1. The molecule has 6 fully saturated rings. The second-order valence-corrected chi connectivity index (χ2v) is 12.4. The quantitative estimate of drug-likeness (QED) is 0.461. The van der Waals surface area contributed by atoms with Crippen LogP contribution in [0.25, 0.3) is 0 Å². The SMILES string of the molecule is C1CCC2C(C1)C1CCCCC1C2CCC1C2CCCCC2C2CCCCC21. The summed E-state index contributed by atoms with van der Waals surface area (Å²) >= 11 is 0. The minimum Gasteiger partial charge on any atom is -0.0530 e. The van der Waals surface area contributed by atoms with Crippen molar-refractivity contribution >= 4 is 0 Å². The molecule has 0 amide bonds. The fourth-order valence-electron chi connectivity index (χ4n) is 10.9. The van der Waals surface area contributed by atoms with Crippen molar-refractivity contribution in [2.45, 2.75) is 116 Å². The molecule has 0 heterocycles. The molecule has 6 saturated carbocycles. The maximum Gasteiger partial charge on any atom is -0.0352 e. The molecule has 0 aromatic carbocycles. The van der Waals surface area contributed by atoms with Crippen LogP contribution in [0.5, 0.6) is 0 Å². The molecule has 158 valence electrons. The van der Waals surface area contributed by atoms with E-state index in [0.29, 0.717) is 0 Å². The Kier molecular flexibility index (Phi) is 5.30. The third-order valence-corrected chi connectivity index (χ3v) is 11.6. The molecule has 0 saturated heterocycles. The van der Waals surface area contributed by atoms with Gasteiger partial charge in [-0.15, -0.1) is 0 Å². The summed E-state index contributed by atoms with van der Waals surface area (Å²) in [4.78, 5) is 0. The fraction of sp³-hybridized carbons (Fsp3) is 1.00. The zero-order valence-corrected chi connectivity index (χ0v) is 18.5. The Bertz CT molecular complexity index is 444. The highest BCUT2D eigenvalue weighted by atomic mass is 14.6. The Morgan fingerprint density at radius 3 is 0.750 bits per heavy atom. The van der Waals surface area contributed by atoms with Gasteiger partial charge in [0.2, 0.25) is 0 Å². The molecule has 8 atom stereocenters. The highest BCUT2D eigenvalue weighted by Gasteiger charge is 2.53. The van der Waals surface area contributed by atoms with Crippen molar-refractivity contribution < 1.29 is 0 Å². The van der Waals surface area contributed by atoms with Gasteiger partial charge < -0.3 is 0 Å². The predicted molar refractivity (Wildman–Crippen MR) is 118 cm³/mol. The molecular formula is C28H46. The molecular weight excluding hydrogens is 336 g/mol. The number of rotatable bonds is 3. The van der Waals surface area contributed by atoms with Gasteiger partial charge in [-0.05, 0) is 123 Å². The summed E-state index contributed by atoms with van der Waals surface area (Å²) in [5, 5.41) is 0. The van der Waals surface area contributed by atoms with E-state index >= 15 is 0 Å². The van der Waals surface area contributed by atoms with E-state index in [-0.39, 0.29) is 0 Å². The van der Waals surface area contributed by atoms with Crippen LogP contribution < -0.4 is 0 Å². The van der Waals surface area contributed by atoms with Crippen molar-refractivity contribution in [2.24, 2.45) is 59.2 Å². The molecule has 0 bridgehead atoms. The number of hydrogen-bond acceptors (Lipinski definition) is 0. The standard InChI is InChI=1S/C28H46/c1-5-13-23-19(9-1)20-10-2-6-14-24(20)27(23)17-18-28-25-15-7-3-11-21(25)22-12-4-8-16-26(22)28/h19-28H,1-18H2. The molecule has 0 nitrogen and oxygen atoms in total. The summed E-state index contributed by atoms with van der Waals surface area (Å²) < 4.78 is 0. The Balaban J connectivity index is 1.19. The Labute approximate surface area is 175 Å². The molecule has 0 aromatic heterocycles. The summed E-state index contributed by atoms with van der Waals surface area (Å²) in [5.74, 6) is 11.6. The van der Waals surface area contributed by atoms with Crippen molar-refractivity contribution in [3.63, 3.8) is 0 Å². The average Bonchev–Trinajstić information content (AvgIpc) is 3.26. The minimum atomic E-state index is 1.15. The molecule has 0 spiro atoms. The lowest BCUT2D eigenvalue weighted by Crippen LogP contribution is -2.25. The molecule has 6 aliphatic carbocycles. The topological polar surface area (TPSA) is 0 Å². The Hall–Kier alpha value is 0. The van der Waals surface area contributed by atoms with Gasteiger partial charge in [-0.2, -0.15) is 0 Å². The highest BCUT2D eigenvalue weighted by Crippen LogP contribution is 2.61. The van der Waals surface area contributed by atoms with Crippen molar-refractivity contribution in [2.75, 3.05) is 0 Å². The van der Waals surface area contributed by atoms with Gasteiger partial charge in [-0.1, -0.05) is 51.4 Å². The Morgan fingerprint density at radius 2 is 0.500 bits per heavy atom. The van der Waals surface area contributed by atoms with Crippen LogP contribution in [-0.2, 0) is 0 Å². The molecule has 6 rings (SSSR count). The lowest BCUT2D eigenvalue weighted by Gasteiger charge is -2.34. The maximum absolute atomic E-state index is 1.65. The first kappa shape index (κ1) is 18.7. The first-order valence-corrected chi connectivity index (χ1v) is 13.9. The zero-order chi connectivity index (χ0) is 18.5. The van der Waals surface area contributed by atoms with Crippen LogP contribution in [0.4, 0.5) is 0 Å². The number of hydrogen-bond donors (Lipinski definition) is 0. The summed E-state index contributed by atoms with van der Waals surface area (Å²) in [6.45, 7) is 0. The van der Waals surface area contributed by atoms with Gasteiger partial charge in [-0.25, -0.2) is 0 Å². The first-order chi connectivity index (χ1) is 13.9. The van der Waals surface area contributed by atoms with E-state index in [4.69, 9.17) is 0 Å². The van der Waals surface area contributed by atoms with Crippen molar-refractivity contribution in [3.8, 4) is 0 Å². The molecule has 0 radical (unpaired) electrons. The van der Waals surface area contributed by atoms with Crippen LogP contribution in [-0.4, -0.2) is 0 Å². The molecule has 0 aromatic rings. The largest absolute Gasteiger partial charge is 0.0530 e. The van der Waals surface area contributed by atoms with Crippen LogP contribution in [0, 0.1) is 59.2 Å². The predicted octanol–water partition coefficient (Wildman–Crippen LogP) is 8.25. The third-order valence-electron chi connectivity index (χ3n) is 11.6. The van der Waals surface area contributed by atoms with Gasteiger partial charge >= 0.3 is 0 Å². The molecule has 8 unspecified atom stereocenters. The monoisotopic (exact) mass is 382 g/mol. The molecule has 28 heavy (non-hydrogen) atoms. The Morgan fingerprint density at radius 1 is 0.286 bits per heavy atom. The van der Waals surface area contributed by atoms with E-state index < -0.39 is 0 Å². The van der Waals surface area contributed by atoms with E-state index in [1.165, 1.54) is 0 Å². The average molecular weight is 383 g/mol. The van der Waals surface area contributed by atoms with E-state index in [0.717, 1.165) is 59.2 Å². The third kappa shape index (κ3) is 3.05. The van der Waals surface area contributed by atoms with Crippen molar-refractivity contribution in [1.82, 2.24) is 0 Å². The molecule has 0 N–H and O–H groups in total. The van der Waals surface area contributed by atoms with Gasteiger partial charge in [-0.3, -0.25) is 0 Å². The van der Waals surface area contributed by atoms with Gasteiger partial charge in [0.05, 0.1) is 0 Å². The van der Waals surface area contributed by atoms with Crippen molar-refractivity contribution in [1.29, 1.82) is 0 Å². The van der Waals surface area contributed by atoms with Crippen LogP contribution in [0.15, 0.2) is 0 Å². The highest BCUT2D eigenvalue weighted by molar-refractivity contribution is 5.02. The summed E-state index contributed by atoms with van der Waals surface area (Å²) in [6, 6.07) is 0. The van der Waals surface area contributed by atoms with Crippen LogP contribution in [0.1, 0.15) is 116 Å². The maximum atomic E-state index is 1.65. The van der Waals surface area contributed by atoms with Gasteiger partial charge in [0.25, 0.3) is 0 Å². The van der Waals surface area contributed by atoms with Crippen LogP contribution >= 0.6 is 0 Å². The summed E-state index contributed by atoms with van der Waals surface area (Å²) in [5.41, 5.74) is 0. The van der Waals surface area contributed by atoms with E-state index in [2.05, 4.69) is 0 Å². The molecule has 6 aliphatic rings. The summed E-state index contributed by atoms with van der Waals surface area (Å²) in [7, 11) is 0. The second kappa shape index (κ2) is 7.92. The fourth-order valence-corrected chi connectivity index (χ4v) is 10.9. The van der Waals surface area contributed by atoms with E-state index in [9.17, 15) is 0 Å². The summed E-state index contributed by atoms with van der Waals surface area (Å²) in [6.07, 6.45) is 28.7. The first-order valence-electron chi connectivity index (χ1n) is 13.9. The molecule has 0 heteroatoms. The van der Waals surface area contributed by atoms with Gasteiger partial charge in [0.15, 0.2) is 0 Å². The minimum absolute atomic E-state index is 1.15. The van der Waals surface area contributed by atoms with E-state index in [1.54, 1.807) is 116 Å². The second-order valence-electron chi connectivity index (χ2n) is 12.4. The van der Waals surface area contributed by atoms with Crippen LogP contribution in [0.2, 0.25) is 0 Å². The van der Waals surface area contributed by atoms with Gasteiger partial charge in [0.1, 0.15) is 0 Å². The zero-order valence-electron chi connectivity index (χ0n) is 18.5. The van der Waals surface area contributed by atoms with Crippen LogP contribution in [0.3, 0.4) is 0 Å². The van der Waals surface area contributed by atoms with Gasteiger partial charge in [0, 0.05) is 0 Å². The number of fused-ring (bicyclic) bond motifs is 6. The lowest BCUT2D eigenvalue weighted by atomic mass is 9.71. The van der Waals surface area contributed by atoms with E-state index in [1.807, 2.05) is 0 Å². The smallest absolute Gasteiger partial charge is 0.0352 e.